The molecule has 2 rings (SSSR count). The summed E-state index contributed by atoms with van der Waals surface area (Å²) in [5, 5.41) is 12.1. The van der Waals surface area contributed by atoms with Crippen molar-refractivity contribution in [1.82, 2.24) is 9.97 Å². The van der Waals surface area contributed by atoms with Crippen LogP contribution in [0.15, 0.2) is 36.5 Å². The second kappa shape index (κ2) is 5.95. The van der Waals surface area contributed by atoms with E-state index in [1.165, 1.54) is 0 Å². The Morgan fingerprint density at radius 3 is 2.79 bits per heavy atom. The SMILES string of the molecule is Cc1nc(NCCc2ccccn2)ccc1C(=O)O. The third kappa shape index (κ3) is 3.51. The number of pyridine rings is 2. The van der Waals surface area contributed by atoms with Crippen LogP contribution in [0.3, 0.4) is 0 Å². The first-order valence-corrected chi connectivity index (χ1v) is 6.01. The molecule has 2 aromatic rings. The lowest BCUT2D eigenvalue weighted by Crippen LogP contribution is -2.09. The number of aromatic nitrogens is 2. The van der Waals surface area contributed by atoms with E-state index in [4.69, 9.17) is 5.11 Å². The number of carboxylic acid groups (broad SMARTS) is 1. The molecule has 0 fully saturated rings. The number of aryl methyl sites for hydroxylation is 1. The Bertz CT molecular complexity index is 570. The monoisotopic (exact) mass is 257 g/mol. The Morgan fingerprint density at radius 2 is 2.16 bits per heavy atom. The lowest BCUT2D eigenvalue weighted by atomic mass is 10.2. The Balaban J connectivity index is 1.93. The number of carbonyl (C=O) groups is 1. The number of nitrogens with one attached hydrogen (secondary N) is 1. The molecule has 0 atom stereocenters. The first-order valence-electron chi connectivity index (χ1n) is 6.01. The number of aromatic carboxylic acids is 1. The van der Waals surface area contributed by atoms with Gasteiger partial charge in [0.2, 0.25) is 0 Å². The molecule has 0 unspecified atom stereocenters. The van der Waals surface area contributed by atoms with Crippen molar-refractivity contribution in [2.75, 3.05) is 11.9 Å². The van der Waals surface area contributed by atoms with Crippen molar-refractivity contribution >= 4 is 11.8 Å². The van der Waals surface area contributed by atoms with E-state index in [0.717, 1.165) is 12.1 Å². The van der Waals surface area contributed by atoms with Crippen LogP contribution in [0.4, 0.5) is 5.82 Å². The van der Waals surface area contributed by atoms with Crippen molar-refractivity contribution in [3.8, 4) is 0 Å². The standard InChI is InChI=1S/C14H15N3O2/c1-10-12(14(18)19)5-6-13(17-10)16-9-7-11-4-2-3-8-15-11/h2-6,8H,7,9H2,1H3,(H,16,17)(H,18,19). The predicted octanol–water partition coefficient (Wildman–Crippen LogP) is 2.14. The summed E-state index contributed by atoms with van der Waals surface area (Å²) in [4.78, 5) is 19.3. The molecule has 0 radical (unpaired) electrons. The molecule has 5 heteroatoms. The highest BCUT2D eigenvalue weighted by Crippen LogP contribution is 2.10. The second-order valence-electron chi connectivity index (χ2n) is 4.13. The van der Waals surface area contributed by atoms with Crippen molar-refractivity contribution < 1.29 is 9.90 Å². The highest BCUT2D eigenvalue weighted by molar-refractivity contribution is 5.89. The molecule has 0 amide bonds. The largest absolute Gasteiger partial charge is 0.478 e. The summed E-state index contributed by atoms with van der Waals surface area (Å²) >= 11 is 0. The van der Waals surface area contributed by atoms with Crippen LogP contribution in [0.2, 0.25) is 0 Å². The normalized spacial score (nSPS) is 10.2. The number of hydrogen-bond donors (Lipinski definition) is 2. The molecule has 0 bridgehead atoms. The fraction of sp³-hybridized carbons (Fsp3) is 0.214. The van der Waals surface area contributed by atoms with Gasteiger partial charge in [-0.05, 0) is 31.2 Å². The van der Waals surface area contributed by atoms with E-state index in [1.807, 2.05) is 18.2 Å². The van der Waals surface area contributed by atoms with Crippen molar-refractivity contribution in [3.63, 3.8) is 0 Å². The molecule has 5 nitrogen and oxygen atoms in total. The molecule has 0 aliphatic rings. The van der Waals surface area contributed by atoms with E-state index in [1.54, 1.807) is 25.3 Å². The molecule has 0 saturated carbocycles. The van der Waals surface area contributed by atoms with Crippen molar-refractivity contribution in [1.29, 1.82) is 0 Å². The summed E-state index contributed by atoms with van der Waals surface area (Å²) in [7, 11) is 0. The molecular weight excluding hydrogens is 242 g/mol. The molecule has 0 aliphatic carbocycles. The number of rotatable bonds is 5. The smallest absolute Gasteiger partial charge is 0.337 e. The van der Waals surface area contributed by atoms with E-state index in [-0.39, 0.29) is 5.56 Å². The molecule has 2 N–H and O–H groups in total. The Labute approximate surface area is 111 Å². The van der Waals surface area contributed by atoms with Gasteiger partial charge in [0.15, 0.2) is 0 Å². The molecule has 0 spiro atoms. The quantitative estimate of drug-likeness (QED) is 0.858. The zero-order valence-electron chi connectivity index (χ0n) is 10.6. The van der Waals surface area contributed by atoms with Gasteiger partial charge in [-0.2, -0.15) is 0 Å². The zero-order chi connectivity index (χ0) is 13.7. The fourth-order valence-corrected chi connectivity index (χ4v) is 1.75. The highest BCUT2D eigenvalue weighted by Gasteiger charge is 2.08. The molecule has 2 heterocycles. The Hall–Kier alpha value is -2.43. The van der Waals surface area contributed by atoms with Crippen molar-refractivity contribution in [3.05, 3.63) is 53.5 Å². The van der Waals surface area contributed by atoms with Crippen LogP contribution in [0.25, 0.3) is 0 Å². The Morgan fingerprint density at radius 1 is 1.32 bits per heavy atom. The van der Waals surface area contributed by atoms with Crippen molar-refractivity contribution in [2.45, 2.75) is 13.3 Å². The summed E-state index contributed by atoms with van der Waals surface area (Å²) < 4.78 is 0. The van der Waals surface area contributed by atoms with Crippen LogP contribution in [-0.2, 0) is 6.42 Å². The van der Waals surface area contributed by atoms with Gasteiger partial charge in [0.1, 0.15) is 5.82 Å². The van der Waals surface area contributed by atoms with Crippen LogP contribution in [0.5, 0.6) is 0 Å². The lowest BCUT2D eigenvalue weighted by Gasteiger charge is -2.07. The van der Waals surface area contributed by atoms with Crippen LogP contribution >= 0.6 is 0 Å². The van der Waals surface area contributed by atoms with Gasteiger partial charge in [0, 0.05) is 24.9 Å². The van der Waals surface area contributed by atoms with Gasteiger partial charge in [0.25, 0.3) is 0 Å². The summed E-state index contributed by atoms with van der Waals surface area (Å²) in [6, 6.07) is 9.04. The minimum atomic E-state index is -0.954. The predicted molar refractivity (Wildman–Crippen MR) is 72.4 cm³/mol. The van der Waals surface area contributed by atoms with E-state index >= 15 is 0 Å². The van der Waals surface area contributed by atoms with Gasteiger partial charge in [0.05, 0.1) is 11.3 Å². The average molecular weight is 257 g/mol. The van der Waals surface area contributed by atoms with Gasteiger partial charge < -0.3 is 10.4 Å². The van der Waals surface area contributed by atoms with Gasteiger partial charge in [-0.3, -0.25) is 4.98 Å². The third-order valence-corrected chi connectivity index (χ3v) is 2.73. The second-order valence-corrected chi connectivity index (χ2v) is 4.13. The van der Waals surface area contributed by atoms with Gasteiger partial charge in [-0.25, -0.2) is 9.78 Å². The van der Waals surface area contributed by atoms with Gasteiger partial charge >= 0.3 is 5.97 Å². The molecule has 0 saturated heterocycles. The maximum atomic E-state index is 10.9. The zero-order valence-corrected chi connectivity index (χ0v) is 10.6. The van der Waals surface area contributed by atoms with E-state index in [2.05, 4.69) is 15.3 Å². The highest BCUT2D eigenvalue weighted by atomic mass is 16.4. The molecule has 0 aromatic carbocycles. The van der Waals surface area contributed by atoms with Crippen LogP contribution in [0, 0.1) is 6.92 Å². The van der Waals surface area contributed by atoms with Crippen molar-refractivity contribution in [2.24, 2.45) is 0 Å². The van der Waals surface area contributed by atoms with E-state index < -0.39 is 5.97 Å². The molecule has 0 aliphatic heterocycles. The average Bonchev–Trinajstić information content (AvgIpc) is 2.39. The number of carboxylic acids is 1. The molecular formula is C14H15N3O2. The number of anilines is 1. The first kappa shape index (κ1) is 13.0. The fourth-order valence-electron chi connectivity index (χ4n) is 1.75. The molecule has 2 aromatic heterocycles. The summed E-state index contributed by atoms with van der Waals surface area (Å²) in [5.41, 5.74) is 1.75. The Kier molecular flexibility index (Phi) is 4.07. The minimum Gasteiger partial charge on any atom is -0.478 e. The van der Waals surface area contributed by atoms with Crippen LogP contribution in [-0.4, -0.2) is 27.6 Å². The maximum Gasteiger partial charge on any atom is 0.337 e. The van der Waals surface area contributed by atoms with Gasteiger partial charge in [-0.1, -0.05) is 6.07 Å². The molecule has 19 heavy (non-hydrogen) atoms. The summed E-state index contributed by atoms with van der Waals surface area (Å²) in [5.74, 6) is -0.275. The maximum absolute atomic E-state index is 10.9. The third-order valence-electron chi connectivity index (χ3n) is 2.73. The molecule has 98 valence electrons. The van der Waals surface area contributed by atoms with Crippen LogP contribution in [0.1, 0.15) is 21.7 Å². The van der Waals surface area contributed by atoms with Crippen LogP contribution < -0.4 is 5.32 Å². The first-order chi connectivity index (χ1) is 9.16. The topological polar surface area (TPSA) is 75.1 Å². The summed E-state index contributed by atoms with van der Waals surface area (Å²) in [6.07, 6.45) is 2.56. The number of nitrogens with zero attached hydrogens (tertiary/aromatic N) is 2. The summed E-state index contributed by atoms with van der Waals surface area (Å²) in [6.45, 7) is 2.39. The van der Waals surface area contributed by atoms with E-state index in [0.29, 0.717) is 18.1 Å². The van der Waals surface area contributed by atoms with Gasteiger partial charge in [-0.15, -0.1) is 0 Å². The number of hydrogen-bond acceptors (Lipinski definition) is 4. The lowest BCUT2D eigenvalue weighted by molar-refractivity contribution is 0.0695. The minimum absolute atomic E-state index is 0.232. The van der Waals surface area contributed by atoms with E-state index in [9.17, 15) is 4.79 Å².